The first-order valence-corrected chi connectivity index (χ1v) is 18.8. The van der Waals surface area contributed by atoms with Crippen molar-refractivity contribution in [1.29, 1.82) is 0 Å². The normalized spacial score (nSPS) is 11.8. The van der Waals surface area contributed by atoms with E-state index >= 15 is 0 Å². The summed E-state index contributed by atoms with van der Waals surface area (Å²) in [5, 5.41) is 9.83. The zero-order valence-corrected chi connectivity index (χ0v) is 29.5. The first-order valence-electron chi connectivity index (χ1n) is 18.0. The lowest BCUT2D eigenvalue weighted by atomic mass is 9.97. The number of hydrogen-bond acceptors (Lipinski definition) is 3. The summed E-state index contributed by atoms with van der Waals surface area (Å²) in [5.41, 5.74) is 9.66. The smallest absolute Gasteiger partial charge is 0.159 e. The fourth-order valence-corrected chi connectivity index (χ4v) is 9.13. The molecule has 0 bridgehead atoms. The summed E-state index contributed by atoms with van der Waals surface area (Å²) in [4.78, 5) is 2.35. The van der Waals surface area contributed by atoms with E-state index in [4.69, 9.17) is 4.42 Å². The molecule has 2 heterocycles. The van der Waals surface area contributed by atoms with Gasteiger partial charge in [0.1, 0.15) is 5.58 Å². The molecule has 11 aromatic rings. The van der Waals surface area contributed by atoms with Crippen LogP contribution in [0.1, 0.15) is 0 Å². The molecule has 0 saturated carbocycles. The molecule has 2 nitrogen and oxygen atoms in total. The van der Waals surface area contributed by atoms with Gasteiger partial charge in [0, 0.05) is 42.3 Å². The predicted octanol–water partition coefficient (Wildman–Crippen LogP) is 15.1. The van der Waals surface area contributed by atoms with Gasteiger partial charge in [0.05, 0.1) is 5.69 Å². The maximum absolute atomic E-state index is 6.77. The third-order valence-corrected chi connectivity index (χ3v) is 11.8. The number of nitrogens with zero attached hydrogens (tertiary/aromatic N) is 1. The number of para-hydroxylation sites is 1. The van der Waals surface area contributed by atoms with Crippen molar-refractivity contribution in [3.05, 3.63) is 188 Å². The van der Waals surface area contributed by atoms with Gasteiger partial charge in [0.15, 0.2) is 5.58 Å². The molecule has 2 aromatic heterocycles. The molecule has 0 atom stereocenters. The van der Waals surface area contributed by atoms with Crippen molar-refractivity contribution in [3.8, 4) is 22.3 Å². The number of anilines is 3. The van der Waals surface area contributed by atoms with Crippen molar-refractivity contribution in [1.82, 2.24) is 0 Å². The van der Waals surface area contributed by atoms with Crippen molar-refractivity contribution < 1.29 is 4.42 Å². The van der Waals surface area contributed by atoms with Crippen LogP contribution in [0.2, 0.25) is 0 Å². The SMILES string of the molecule is c1ccc(-c2ccc3oc4c(N(c5ccc(-c6ccc7c(ccc8ccccc87)c6)cc5)c5ccc6sc7ccccc7c6c5)cccc4c3c2)cc1. The highest BCUT2D eigenvalue weighted by Crippen LogP contribution is 2.45. The van der Waals surface area contributed by atoms with E-state index in [0.717, 1.165) is 39.0 Å². The van der Waals surface area contributed by atoms with Gasteiger partial charge < -0.3 is 9.32 Å². The van der Waals surface area contributed by atoms with Crippen LogP contribution in [-0.2, 0) is 0 Å². The van der Waals surface area contributed by atoms with Crippen LogP contribution in [0.15, 0.2) is 192 Å². The van der Waals surface area contributed by atoms with E-state index in [-0.39, 0.29) is 0 Å². The minimum absolute atomic E-state index is 0.869. The monoisotopic (exact) mass is 693 g/mol. The second-order valence-corrected chi connectivity index (χ2v) is 14.8. The molecule has 9 aromatic carbocycles. The molecule has 0 unspecified atom stereocenters. The maximum atomic E-state index is 6.77. The zero-order chi connectivity index (χ0) is 34.9. The maximum Gasteiger partial charge on any atom is 0.159 e. The molecule has 11 rings (SSSR count). The number of thiophene rings is 1. The Hall–Kier alpha value is -6.68. The summed E-state index contributed by atoms with van der Waals surface area (Å²) in [6.45, 7) is 0. The molecule has 0 aliphatic heterocycles. The molecule has 0 spiro atoms. The van der Waals surface area contributed by atoms with E-state index in [1.54, 1.807) is 0 Å². The van der Waals surface area contributed by atoms with Gasteiger partial charge in [-0.2, -0.15) is 0 Å². The van der Waals surface area contributed by atoms with Gasteiger partial charge in [-0.25, -0.2) is 0 Å². The number of benzene rings is 9. The molecule has 0 fully saturated rings. The predicted molar refractivity (Wildman–Crippen MR) is 227 cm³/mol. The summed E-state index contributed by atoms with van der Waals surface area (Å²) < 4.78 is 9.35. The molecule has 0 amide bonds. The third-order valence-electron chi connectivity index (χ3n) is 10.6. The summed E-state index contributed by atoms with van der Waals surface area (Å²) >= 11 is 1.84. The Morgan fingerprint density at radius 1 is 0.358 bits per heavy atom. The van der Waals surface area contributed by atoms with Crippen LogP contribution >= 0.6 is 11.3 Å². The Morgan fingerprint density at radius 2 is 1.02 bits per heavy atom. The Morgan fingerprint density at radius 3 is 1.92 bits per heavy atom. The van der Waals surface area contributed by atoms with Gasteiger partial charge >= 0.3 is 0 Å². The minimum atomic E-state index is 0.869. The van der Waals surface area contributed by atoms with E-state index in [9.17, 15) is 0 Å². The molecular formula is C50H31NOS. The van der Waals surface area contributed by atoms with Crippen LogP contribution < -0.4 is 4.90 Å². The van der Waals surface area contributed by atoms with Gasteiger partial charge in [0.2, 0.25) is 0 Å². The van der Waals surface area contributed by atoms with E-state index in [1.807, 2.05) is 11.3 Å². The largest absolute Gasteiger partial charge is 0.454 e. The van der Waals surface area contributed by atoms with Crippen LogP contribution in [0.4, 0.5) is 17.1 Å². The second-order valence-electron chi connectivity index (χ2n) is 13.7. The summed E-state index contributed by atoms with van der Waals surface area (Å²) in [5.74, 6) is 0. The van der Waals surface area contributed by atoms with Gasteiger partial charge in [0.25, 0.3) is 0 Å². The van der Waals surface area contributed by atoms with Crippen LogP contribution in [0.25, 0.3) is 85.9 Å². The highest BCUT2D eigenvalue weighted by atomic mass is 32.1. The van der Waals surface area contributed by atoms with Gasteiger partial charge in [-0.05, 0) is 104 Å². The van der Waals surface area contributed by atoms with E-state index in [2.05, 4.69) is 193 Å². The first-order chi connectivity index (χ1) is 26.2. The van der Waals surface area contributed by atoms with Crippen molar-refractivity contribution in [2.75, 3.05) is 4.90 Å². The van der Waals surface area contributed by atoms with E-state index in [1.165, 1.54) is 64.0 Å². The molecule has 0 N–H and O–H groups in total. The van der Waals surface area contributed by atoms with Crippen molar-refractivity contribution in [2.24, 2.45) is 0 Å². The number of fused-ring (bicyclic) bond motifs is 9. The lowest BCUT2D eigenvalue weighted by molar-refractivity contribution is 0.669. The van der Waals surface area contributed by atoms with Crippen LogP contribution in [0, 0.1) is 0 Å². The molecule has 0 aliphatic carbocycles. The standard InChI is InChI=1S/C50H31NOS/c1-2-9-32(10-3-1)36-22-27-47-44(30-36)43-14-8-15-46(50(43)52-47)51(39-25-28-49-45(31-39)42-13-6-7-16-48(42)53-49)38-23-19-33(20-24-38)35-21-26-41-37(29-35)18-17-34-11-4-5-12-40(34)41/h1-31H. The van der Waals surface area contributed by atoms with Gasteiger partial charge in [-0.15, -0.1) is 11.3 Å². The summed E-state index contributed by atoms with van der Waals surface area (Å²) in [6, 6.07) is 68.0. The summed E-state index contributed by atoms with van der Waals surface area (Å²) in [6.07, 6.45) is 0. The quantitative estimate of drug-likeness (QED) is 0.167. The van der Waals surface area contributed by atoms with E-state index < -0.39 is 0 Å². The van der Waals surface area contributed by atoms with E-state index in [0.29, 0.717) is 0 Å². The Balaban J connectivity index is 1.07. The Labute approximate surface area is 310 Å². The van der Waals surface area contributed by atoms with Crippen LogP contribution in [0.5, 0.6) is 0 Å². The topological polar surface area (TPSA) is 16.4 Å². The number of hydrogen-bond donors (Lipinski definition) is 0. The molecule has 53 heavy (non-hydrogen) atoms. The average molecular weight is 694 g/mol. The molecule has 0 radical (unpaired) electrons. The first kappa shape index (κ1) is 30.0. The van der Waals surface area contributed by atoms with Crippen LogP contribution in [0.3, 0.4) is 0 Å². The lowest BCUT2D eigenvalue weighted by Crippen LogP contribution is -2.10. The Kier molecular flexibility index (Phi) is 6.76. The average Bonchev–Trinajstić information content (AvgIpc) is 3.79. The van der Waals surface area contributed by atoms with Crippen molar-refractivity contribution in [3.63, 3.8) is 0 Å². The Bertz CT molecular complexity index is 3170. The molecule has 3 heteroatoms. The molecule has 0 saturated heterocycles. The second kappa shape index (κ2) is 11.9. The third kappa shape index (κ3) is 4.93. The molecule has 0 aliphatic rings. The van der Waals surface area contributed by atoms with Crippen molar-refractivity contribution >= 4 is 92.1 Å². The lowest BCUT2D eigenvalue weighted by Gasteiger charge is -2.26. The summed E-state index contributed by atoms with van der Waals surface area (Å²) in [7, 11) is 0. The van der Waals surface area contributed by atoms with Gasteiger partial charge in [-0.1, -0.05) is 127 Å². The fourth-order valence-electron chi connectivity index (χ4n) is 8.05. The zero-order valence-electron chi connectivity index (χ0n) is 28.7. The molecular weight excluding hydrogens is 663 g/mol. The molecule has 248 valence electrons. The minimum Gasteiger partial charge on any atom is -0.454 e. The highest BCUT2D eigenvalue weighted by molar-refractivity contribution is 7.25. The van der Waals surface area contributed by atoms with Gasteiger partial charge in [-0.3, -0.25) is 0 Å². The van der Waals surface area contributed by atoms with Crippen molar-refractivity contribution in [2.45, 2.75) is 0 Å². The number of rotatable bonds is 5. The number of furan rings is 1. The highest BCUT2D eigenvalue weighted by Gasteiger charge is 2.21. The fraction of sp³-hybridized carbons (Fsp3) is 0. The van der Waals surface area contributed by atoms with Crippen LogP contribution in [-0.4, -0.2) is 0 Å².